The van der Waals surface area contributed by atoms with Gasteiger partial charge in [-0.25, -0.2) is 0 Å². The molecule has 1 unspecified atom stereocenters. The quantitative estimate of drug-likeness (QED) is 0.214. The molecule has 4 aromatic rings. The van der Waals surface area contributed by atoms with Crippen molar-refractivity contribution in [1.29, 1.82) is 0 Å². The SMILES string of the molecule is O=C(NCCc1ccc(Cl)cc1Oc1ccccc1)c1ccc(Oc2cc3c(cc2Cl)C(C(=O)O)CCO3)cc1. The third-order valence-corrected chi connectivity index (χ3v) is 6.96. The molecule has 0 saturated carbocycles. The monoisotopic (exact) mass is 577 g/mol. The van der Waals surface area contributed by atoms with Gasteiger partial charge in [0.2, 0.25) is 0 Å². The number of fused-ring (bicyclic) bond motifs is 1. The maximum atomic E-state index is 12.7. The number of rotatable bonds is 9. The Morgan fingerprint density at radius 2 is 1.62 bits per heavy atom. The molecule has 0 fully saturated rings. The number of carbonyl (C=O) groups is 2. The number of carboxylic acids is 1. The topological polar surface area (TPSA) is 94.1 Å². The molecule has 0 spiro atoms. The first-order valence-electron chi connectivity index (χ1n) is 12.6. The average molecular weight is 578 g/mol. The molecule has 1 atom stereocenters. The van der Waals surface area contributed by atoms with Crippen LogP contribution in [-0.4, -0.2) is 30.1 Å². The Labute approximate surface area is 241 Å². The summed E-state index contributed by atoms with van der Waals surface area (Å²) in [6.07, 6.45) is 0.929. The number of ether oxygens (including phenoxy) is 3. The lowest BCUT2D eigenvalue weighted by atomic mass is 9.93. The van der Waals surface area contributed by atoms with Crippen molar-refractivity contribution < 1.29 is 28.9 Å². The van der Waals surface area contributed by atoms with Crippen molar-refractivity contribution >= 4 is 35.1 Å². The molecular formula is C31H25Cl2NO6. The Kier molecular flexibility index (Phi) is 8.43. The molecule has 7 nitrogen and oxygen atoms in total. The average Bonchev–Trinajstić information content (AvgIpc) is 2.95. The zero-order valence-corrected chi connectivity index (χ0v) is 22.7. The number of benzene rings is 4. The minimum atomic E-state index is -0.919. The molecule has 0 aromatic heterocycles. The normalized spacial score (nSPS) is 14.0. The summed E-state index contributed by atoms with van der Waals surface area (Å²) < 4.78 is 17.5. The smallest absolute Gasteiger partial charge is 0.311 e. The highest BCUT2D eigenvalue weighted by atomic mass is 35.5. The molecule has 1 aliphatic heterocycles. The van der Waals surface area contributed by atoms with Crippen LogP contribution in [0.3, 0.4) is 0 Å². The van der Waals surface area contributed by atoms with Crippen LogP contribution in [0.1, 0.15) is 33.8 Å². The Bertz CT molecular complexity index is 1530. The summed E-state index contributed by atoms with van der Waals surface area (Å²) in [6, 6.07) is 24.7. The maximum absolute atomic E-state index is 12.7. The minimum absolute atomic E-state index is 0.231. The van der Waals surface area contributed by atoms with Gasteiger partial charge in [-0.05, 0) is 73.0 Å². The summed E-state index contributed by atoms with van der Waals surface area (Å²) in [5, 5.41) is 13.2. The first kappa shape index (κ1) is 27.4. The van der Waals surface area contributed by atoms with Crippen molar-refractivity contribution in [2.45, 2.75) is 18.8 Å². The second-order valence-corrected chi connectivity index (χ2v) is 9.99. The number of amides is 1. The van der Waals surface area contributed by atoms with Crippen LogP contribution >= 0.6 is 23.2 Å². The van der Waals surface area contributed by atoms with E-state index >= 15 is 0 Å². The van der Waals surface area contributed by atoms with E-state index in [9.17, 15) is 14.7 Å². The minimum Gasteiger partial charge on any atom is -0.493 e. The van der Waals surface area contributed by atoms with E-state index in [4.69, 9.17) is 37.4 Å². The number of aliphatic carboxylic acids is 1. The molecule has 0 aliphatic carbocycles. The first-order valence-corrected chi connectivity index (χ1v) is 13.4. The third-order valence-electron chi connectivity index (χ3n) is 6.43. The van der Waals surface area contributed by atoms with E-state index in [0.29, 0.717) is 70.9 Å². The number of hydrogen-bond donors (Lipinski definition) is 2. The number of halogens is 2. The standard InChI is InChI=1S/C31H25Cl2NO6/c32-21-9-6-19(27(16-21)39-22-4-2-1-3-5-22)12-14-34-30(35)20-7-10-23(11-8-20)40-29-18-28-25(17-26(29)33)24(31(36)37)13-15-38-28/h1-11,16-18,24H,12-15H2,(H,34,35)(H,36,37). The first-order chi connectivity index (χ1) is 19.4. The van der Waals surface area contributed by atoms with Gasteiger partial charge in [-0.3, -0.25) is 9.59 Å². The van der Waals surface area contributed by atoms with Crippen LogP contribution in [0.4, 0.5) is 0 Å². The van der Waals surface area contributed by atoms with Gasteiger partial charge in [0.15, 0.2) is 0 Å². The highest BCUT2D eigenvalue weighted by Gasteiger charge is 2.29. The lowest BCUT2D eigenvalue weighted by Crippen LogP contribution is -2.25. The van der Waals surface area contributed by atoms with Crippen LogP contribution in [-0.2, 0) is 11.2 Å². The molecule has 4 aromatic carbocycles. The Morgan fingerprint density at radius 1 is 0.900 bits per heavy atom. The van der Waals surface area contributed by atoms with Gasteiger partial charge in [0.05, 0.1) is 17.5 Å². The van der Waals surface area contributed by atoms with Gasteiger partial charge >= 0.3 is 5.97 Å². The highest BCUT2D eigenvalue weighted by molar-refractivity contribution is 6.32. The molecule has 204 valence electrons. The van der Waals surface area contributed by atoms with Gasteiger partial charge in [0.25, 0.3) is 5.91 Å². The molecule has 40 heavy (non-hydrogen) atoms. The lowest BCUT2D eigenvalue weighted by molar-refractivity contribution is -0.139. The van der Waals surface area contributed by atoms with E-state index in [2.05, 4.69) is 5.32 Å². The summed E-state index contributed by atoms with van der Waals surface area (Å²) in [5.74, 6) is 0.754. The fourth-order valence-electron chi connectivity index (χ4n) is 4.38. The van der Waals surface area contributed by atoms with Crippen molar-refractivity contribution in [3.8, 4) is 28.7 Å². The fraction of sp³-hybridized carbons (Fsp3) is 0.161. The van der Waals surface area contributed by atoms with Crippen molar-refractivity contribution in [3.05, 3.63) is 112 Å². The van der Waals surface area contributed by atoms with Gasteiger partial charge in [-0.1, -0.05) is 47.5 Å². The van der Waals surface area contributed by atoms with E-state index in [0.717, 1.165) is 5.56 Å². The van der Waals surface area contributed by atoms with Gasteiger partial charge in [-0.2, -0.15) is 0 Å². The summed E-state index contributed by atoms with van der Waals surface area (Å²) in [5.41, 5.74) is 1.91. The number of carbonyl (C=O) groups excluding carboxylic acids is 1. The predicted molar refractivity (Wildman–Crippen MR) is 152 cm³/mol. The molecule has 2 N–H and O–H groups in total. The van der Waals surface area contributed by atoms with Crippen molar-refractivity contribution in [1.82, 2.24) is 5.32 Å². The van der Waals surface area contributed by atoms with Gasteiger partial charge in [-0.15, -0.1) is 0 Å². The molecule has 1 aliphatic rings. The van der Waals surface area contributed by atoms with Gasteiger partial charge in [0, 0.05) is 28.8 Å². The van der Waals surface area contributed by atoms with Crippen molar-refractivity contribution in [2.24, 2.45) is 0 Å². The lowest BCUT2D eigenvalue weighted by Gasteiger charge is -2.24. The Hall–Kier alpha value is -4.20. The number of nitrogens with one attached hydrogen (secondary N) is 1. The molecule has 9 heteroatoms. The largest absolute Gasteiger partial charge is 0.493 e. The van der Waals surface area contributed by atoms with E-state index in [1.807, 2.05) is 36.4 Å². The van der Waals surface area contributed by atoms with E-state index < -0.39 is 11.9 Å². The second kappa shape index (κ2) is 12.3. The van der Waals surface area contributed by atoms with E-state index in [-0.39, 0.29) is 10.9 Å². The molecule has 0 radical (unpaired) electrons. The predicted octanol–water partition coefficient (Wildman–Crippen LogP) is 7.50. The highest BCUT2D eigenvalue weighted by Crippen LogP contribution is 2.41. The zero-order chi connectivity index (χ0) is 28.1. The second-order valence-electron chi connectivity index (χ2n) is 9.15. The van der Waals surface area contributed by atoms with Crippen LogP contribution in [0.15, 0.2) is 84.9 Å². The van der Waals surface area contributed by atoms with E-state index in [1.165, 1.54) is 0 Å². The molecule has 0 saturated heterocycles. The third kappa shape index (κ3) is 6.50. The van der Waals surface area contributed by atoms with Crippen molar-refractivity contribution in [2.75, 3.05) is 13.2 Å². The van der Waals surface area contributed by atoms with Crippen LogP contribution in [0.5, 0.6) is 28.7 Å². The van der Waals surface area contributed by atoms with Crippen LogP contribution < -0.4 is 19.5 Å². The molecular weight excluding hydrogens is 553 g/mol. The van der Waals surface area contributed by atoms with Crippen LogP contribution in [0, 0.1) is 0 Å². The summed E-state index contributed by atoms with van der Waals surface area (Å²) in [4.78, 5) is 24.3. The van der Waals surface area contributed by atoms with Crippen LogP contribution in [0.2, 0.25) is 10.0 Å². The molecule has 1 amide bonds. The molecule has 5 rings (SSSR count). The van der Waals surface area contributed by atoms with Crippen LogP contribution in [0.25, 0.3) is 0 Å². The summed E-state index contributed by atoms with van der Waals surface area (Å²) in [7, 11) is 0. The molecule has 0 bridgehead atoms. The van der Waals surface area contributed by atoms with Gasteiger partial charge in [0.1, 0.15) is 28.7 Å². The zero-order valence-electron chi connectivity index (χ0n) is 21.2. The van der Waals surface area contributed by atoms with Gasteiger partial charge < -0.3 is 24.6 Å². The molecule has 1 heterocycles. The number of carboxylic acid groups (broad SMARTS) is 1. The summed E-state index contributed by atoms with van der Waals surface area (Å²) >= 11 is 12.6. The summed E-state index contributed by atoms with van der Waals surface area (Å²) in [6.45, 7) is 0.695. The van der Waals surface area contributed by atoms with Crippen molar-refractivity contribution in [3.63, 3.8) is 0 Å². The fourth-order valence-corrected chi connectivity index (χ4v) is 4.76. The Morgan fingerprint density at radius 3 is 2.38 bits per heavy atom. The Balaban J connectivity index is 1.19. The number of hydrogen-bond acceptors (Lipinski definition) is 5. The van der Waals surface area contributed by atoms with E-state index in [1.54, 1.807) is 48.5 Å². The maximum Gasteiger partial charge on any atom is 0.311 e. The number of para-hydroxylation sites is 1.